The molecule has 25 heavy (non-hydrogen) atoms. The first-order valence-corrected chi connectivity index (χ1v) is 7.94. The summed E-state index contributed by atoms with van der Waals surface area (Å²) in [5.41, 5.74) is 1.42. The third-order valence-electron chi connectivity index (χ3n) is 3.61. The molecule has 2 N–H and O–H groups in total. The predicted octanol–water partition coefficient (Wildman–Crippen LogP) is 4.01. The molecule has 128 valence electrons. The SMILES string of the molecule is O=C(NCCNc1ccnc2cc(Cl)ccc12)c1ccc(F)cc1F. The van der Waals surface area contributed by atoms with E-state index in [1.165, 1.54) is 0 Å². The van der Waals surface area contributed by atoms with Crippen molar-refractivity contribution >= 4 is 34.1 Å². The van der Waals surface area contributed by atoms with Crippen molar-refractivity contribution in [2.45, 2.75) is 0 Å². The van der Waals surface area contributed by atoms with E-state index in [4.69, 9.17) is 11.6 Å². The fraction of sp³-hybridized carbons (Fsp3) is 0.111. The van der Waals surface area contributed by atoms with Gasteiger partial charge in [-0.1, -0.05) is 11.6 Å². The van der Waals surface area contributed by atoms with Crippen LogP contribution in [0.25, 0.3) is 10.9 Å². The minimum atomic E-state index is -0.887. The molecule has 0 aliphatic carbocycles. The molecular weight excluding hydrogens is 348 g/mol. The molecule has 1 aromatic heterocycles. The van der Waals surface area contributed by atoms with Crippen LogP contribution in [0.3, 0.4) is 0 Å². The van der Waals surface area contributed by atoms with Gasteiger partial charge in [0.1, 0.15) is 11.6 Å². The van der Waals surface area contributed by atoms with Gasteiger partial charge < -0.3 is 10.6 Å². The molecule has 0 fully saturated rings. The fourth-order valence-corrected chi connectivity index (χ4v) is 2.58. The lowest BCUT2D eigenvalue weighted by Gasteiger charge is -2.11. The number of benzene rings is 2. The third kappa shape index (κ3) is 4.03. The van der Waals surface area contributed by atoms with Crippen LogP contribution in [0.2, 0.25) is 5.02 Å². The zero-order chi connectivity index (χ0) is 17.8. The Hall–Kier alpha value is -2.73. The van der Waals surface area contributed by atoms with Crippen LogP contribution in [0, 0.1) is 11.6 Å². The van der Waals surface area contributed by atoms with Gasteiger partial charge in [-0.05, 0) is 36.4 Å². The van der Waals surface area contributed by atoms with E-state index >= 15 is 0 Å². The molecular formula is C18H14ClF2N3O. The van der Waals surface area contributed by atoms with Gasteiger partial charge in [0.05, 0.1) is 11.1 Å². The number of aromatic nitrogens is 1. The van der Waals surface area contributed by atoms with Crippen LogP contribution in [0.15, 0.2) is 48.7 Å². The standard InChI is InChI=1S/C18H14ClF2N3O/c19-11-1-3-14-16(5-6-22-17(14)9-11)23-7-8-24-18(25)13-4-2-12(20)10-15(13)21/h1-6,9-10H,7-8H2,(H,22,23)(H,24,25). The smallest absolute Gasteiger partial charge is 0.254 e. The second kappa shape index (κ2) is 7.44. The monoisotopic (exact) mass is 361 g/mol. The summed E-state index contributed by atoms with van der Waals surface area (Å²) in [4.78, 5) is 16.2. The van der Waals surface area contributed by atoms with Crippen LogP contribution in [-0.4, -0.2) is 24.0 Å². The van der Waals surface area contributed by atoms with Crippen molar-refractivity contribution in [1.82, 2.24) is 10.3 Å². The minimum absolute atomic E-state index is 0.189. The Bertz CT molecular complexity index is 933. The first-order valence-electron chi connectivity index (χ1n) is 7.56. The molecule has 1 heterocycles. The van der Waals surface area contributed by atoms with E-state index < -0.39 is 17.5 Å². The summed E-state index contributed by atoms with van der Waals surface area (Å²) in [5, 5.41) is 7.28. The molecule has 0 aliphatic heterocycles. The van der Waals surface area contributed by atoms with Gasteiger partial charge in [0.2, 0.25) is 0 Å². The van der Waals surface area contributed by atoms with Gasteiger partial charge in [-0.3, -0.25) is 9.78 Å². The number of halogens is 3. The lowest BCUT2D eigenvalue weighted by atomic mass is 10.2. The fourth-order valence-electron chi connectivity index (χ4n) is 2.42. The van der Waals surface area contributed by atoms with E-state index in [-0.39, 0.29) is 12.1 Å². The van der Waals surface area contributed by atoms with E-state index in [9.17, 15) is 13.6 Å². The first-order chi connectivity index (χ1) is 12.0. The molecule has 0 saturated carbocycles. The van der Waals surface area contributed by atoms with Crippen LogP contribution in [0.4, 0.5) is 14.5 Å². The Labute approximate surface area is 147 Å². The van der Waals surface area contributed by atoms with Crippen molar-refractivity contribution in [3.63, 3.8) is 0 Å². The molecule has 0 atom stereocenters. The van der Waals surface area contributed by atoms with Crippen molar-refractivity contribution in [3.8, 4) is 0 Å². The normalized spacial score (nSPS) is 10.7. The molecule has 0 radical (unpaired) electrons. The maximum Gasteiger partial charge on any atom is 0.254 e. The van der Waals surface area contributed by atoms with Gasteiger partial charge in [-0.25, -0.2) is 8.78 Å². The number of fused-ring (bicyclic) bond motifs is 1. The number of pyridine rings is 1. The van der Waals surface area contributed by atoms with Crippen molar-refractivity contribution < 1.29 is 13.6 Å². The van der Waals surface area contributed by atoms with Crippen LogP contribution in [0.5, 0.6) is 0 Å². The second-order valence-corrected chi connectivity index (χ2v) is 5.76. The molecule has 3 rings (SSSR count). The molecule has 7 heteroatoms. The molecule has 3 aromatic rings. The van der Waals surface area contributed by atoms with Crippen molar-refractivity contribution in [2.75, 3.05) is 18.4 Å². The first kappa shape index (κ1) is 17.1. The molecule has 4 nitrogen and oxygen atoms in total. The number of nitrogens with zero attached hydrogens (tertiary/aromatic N) is 1. The Kier molecular flexibility index (Phi) is 5.09. The number of nitrogens with one attached hydrogen (secondary N) is 2. The summed E-state index contributed by atoms with van der Waals surface area (Å²) in [6.45, 7) is 0.698. The van der Waals surface area contributed by atoms with Gasteiger partial charge in [0.25, 0.3) is 5.91 Å². The van der Waals surface area contributed by atoms with Crippen molar-refractivity contribution in [2.24, 2.45) is 0 Å². The van der Waals surface area contributed by atoms with Gasteiger partial charge in [0.15, 0.2) is 0 Å². The number of anilines is 1. The quantitative estimate of drug-likeness (QED) is 0.675. The van der Waals surface area contributed by atoms with Gasteiger partial charge in [-0.2, -0.15) is 0 Å². The zero-order valence-electron chi connectivity index (χ0n) is 13.0. The zero-order valence-corrected chi connectivity index (χ0v) is 13.8. The number of hydrogen-bond acceptors (Lipinski definition) is 3. The molecule has 0 saturated heterocycles. The molecule has 2 aromatic carbocycles. The molecule has 0 aliphatic rings. The largest absolute Gasteiger partial charge is 0.383 e. The highest BCUT2D eigenvalue weighted by molar-refractivity contribution is 6.31. The maximum absolute atomic E-state index is 13.5. The molecule has 0 unspecified atom stereocenters. The minimum Gasteiger partial charge on any atom is -0.383 e. The Morgan fingerprint density at radius 1 is 1.08 bits per heavy atom. The number of rotatable bonds is 5. The lowest BCUT2D eigenvalue weighted by molar-refractivity contribution is 0.0951. The average Bonchev–Trinajstić information content (AvgIpc) is 2.58. The van der Waals surface area contributed by atoms with Gasteiger partial charge >= 0.3 is 0 Å². The van der Waals surface area contributed by atoms with Crippen LogP contribution >= 0.6 is 11.6 Å². The van der Waals surface area contributed by atoms with E-state index in [0.29, 0.717) is 17.6 Å². The highest BCUT2D eigenvalue weighted by atomic mass is 35.5. The highest BCUT2D eigenvalue weighted by Gasteiger charge is 2.11. The van der Waals surface area contributed by atoms with Crippen LogP contribution in [0.1, 0.15) is 10.4 Å². The average molecular weight is 362 g/mol. The summed E-state index contributed by atoms with van der Waals surface area (Å²) in [5.74, 6) is -2.20. The number of hydrogen-bond donors (Lipinski definition) is 2. The van der Waals surface area contributed by atoms with Gasteiger partial charge in [-0.15, -0.1) is 0 Å². The Balaban J connectivity index is 1.59. The van der Waals surface area contributed by atoms with Crippen LogP contribution < -0.4 is 10.6 Å². The molecule has 1 amide bonds. The van der Waals surface area contributed by atoms with Crippen molar-refractivity contribution in [3.05, 3.63) is 70.9 Å². The summed E-state index contributed by atoms with van der Waals surface area (Å²) in [6.07, 6.45) is 1.66. The number of amides is 1. The second-order valence-electron chi connectivity index (χ2n) is 5.33. The third-order valence-corrected chi connectivity index (χ3v) is 3.84. The van der Waals surface area contributed by atoms with E-state index in [1.54, 1.807) is 18.3 Å². The van der Waals surface area contributed by atoms with E-state index in [0.717, 1.165) is 28.7 Å². The number of carbonyl (C=O) groups is 1. The van der Waals surface area contributed by atoms with E-state index in [2.05, 4.69) is 15.6 Å². The van der Waals surface area contributed by atoms with E-state index in [1.807, 2.05) is 12.1 Å². The maximum atomic E-state index is 13.5. The number of carbonyl (C=O) groups excluding carboxylic acids is 1. The highest BCUT2D eigenvalue weighted by Crippen LogP contribution is 2.24. The van der Waals surface area contributed by atoms with Crippen LogP contribution in [-0.2, 0) is 0 Å². The predicted molar refractivity (Wildman–Crippen MR) is 93.9 cm³/mol. The Morgan fingerprint density at radius 3 is 2.72 bits per heavy atom. The summed E-state index contributed by atoms with van der Waals surface area (Å²) < 4.78 is 26.4. The molecule has 0 spiro atoms. The Morgan fingerprint density at radius 2 is 1.92 bits per heavy atom. The van der Waals surface area contributed by atoms with Gasteiger partial charge in [0, 0.05) is 41.4 Å². The van der Waals surface area contributed by atoms with Crippen molar-refractivity contribution in [1.29, 1.82) is 0 Å². The molecule has 0 bridgehead atoms. The summed E-state index contributed by atoms with van der Waals surface area (Å²) in [7, 11) is 0. The lowest BCUT2D eigenvalue weighted by Crippen LogP contribution is -2.29. The summed E-state index contributed by atoms with van der Waals surface area (Å²) >= 11 is 5.95. The topological polar surface area (TPSA) is 54.0 Å². The summed E-state index contributed by atoms with van der Waals surface area (Å²) in [6, 6.07) is 10.1.